The highest BCUT2D eigenvalue weighted by molar-refractivity contribution is 6.03. The largest absolute Gasteiger partial charge is 0.325 e. The van der Waals surface area contributed by atoms with E-state index in [0.29, 0.717) is 31.0 Å². The van der Waals surface area contributed by atoms with Gasteiger partial charge in [0.2, 0.25) is 17.7 Å². The lowest BCUT2D eigenvalue weighted by atomic mass is 10.2. The van der Waals surface area contributed by atoms with E-state index in [1.807, 2.05) is 91.0 Å². The predicted molar refractivity (Wildman–Crippen MR) is 155 cm³/mol. The third kappa shape index (κ3) is 9.33. The SMILES string of the molecule is O=C(CN1CCNCCN(CC(=O)N(CC(=O)Nc2ccccc2)c2ccccc2)CC1)Nc1ccccc1. The number of carbonyl (C=O) groups excluding carboxylic acids is 3. The molecule has 3 aromatic carbocycles. The molecule has 39 heavy (non-hydrogen) atoms. The fourth-order valence-electron chi connectivity index (χ4n) is 4.42. The van der Waals surface area contributed by atoms with Crippen LogP contribution in [0.5, 0.6) is 0 Å². The van der Waals surface area contributed by atoms with Crippen LogP contribution in [-0.4, -0.2) is 86.4 Å². The highest BCUT2D eigenvalue weighted by Gasteiger charge is 2.23. The van der Waals surface area contributed by atoms with Crippen molar-refractivity contribution in [3.63, 3.8) is 0 Å². The lowest BCUT2D eigenvalue weighted by molar-refractivity contribution is -0.122. The minimum Gasteiger partial charge on any atom is -0.325 e. The average molecular weight is 529 g/mol. The van der Waals surface area contributed by atoms with Crippen molar-refractivity contribution in [1.82, 2.24) is 15.1 Å². The molecule has 204 valence electrons. The third-order valence-corrected chi connectivity index (χ3v) is 6.45. The van der Waals surface area contributed by atoms with Gasteiger partial charge in [-0.2, -0.15) is 0 Å². The average Bonchev–Trinajstić information content (AvgIpc) is 3.05. The van der Waals surface area contributed by atoms with Gasteiger partial charge in [0, 0.05) is 56.3 Å². The molecule has 9 heteroatoms. The first kappa shape index (κ1) is 28.0. The minimum absolute atomic E-state index is 0.0669. The molecule has 0 spiro atoms. The van der Waals surface area contributed by atoms with Crippen molar-refractivity contribution in [3.05, 3.63) is 91.0 Å². The summed E-state index contributed by atoms with van der Waals surface area (Å²) in [6.07, 6.45) is 0. The van der Waals surface area contributed by atoms with E-state index in [9.17, 15) is 14.4 Å². The zero-order valence-electron chi connectivity index (χ0n) is 22.1. The van der Waals surface area contributed by atoms with Gasteiger partial charge in [-0.05, 0) is 36.4 Å². The van der Waals surface area contributed by atoms with Gasteiger partial charge < -0.3 is 20.9 Å². The van der Waals surface area contributed by atoms with Gasteiger partial charge in [0.05, 0.1) is 13.1 Å². The van der Waals surface area contributed by atoms with Crippen LogP contribution >= 0.6 is 0 Å². The summed E-state index contributed by atoms with van der Waals surface area (Å²) >= 11 is 0. The van der Waals surface area contributed by atoms with E-state index in [0.717, 1.165) is 25.3 Å². The minimum atomic E-state index is -0.264. The van der Waals surface area contributed by atoms with E-state index < -0.39 is 0 Å². The molecule has 3 N–H and O–H groups in total. The molecule has 3 amide bonds. The molecule has 4 rings (SSSR count). The van der Waals surface area contributed by atoms with Crippen LogP contribution in [0.3, 0.4) is 0 Å². The smallest absolute Gasteiger partial charge is 0.244 e. The van der Waals surface area contributed by atoms with E-state index in [-0.39, 0.29) is 37.4 Å². The fraction of sp³-hybridized carbons (Fsp3) is 0.300. The summed E-state index contributed by atoms with van der Waals surface area (Å²) in [6.45, 7) is 4.55. The fourth-order valence-corrected chi connectivity index (χ4v) is 4.42. The summed E-state index contributed by atoms with van der Waals surface area (Å²) in [4.78, 5) is 44.7. The van der Waals surface area contributed by atoms with E-state index >= 15 is 0 Å². The topological polar surface area (TPSA) is 97.0 Å². The molecule has 1 saturated heterocycles. The molecule has 1 fully saturated rings. The normalized spacial score (nSPS) is 14.9. The predicted octanol–water partition coefficient (Wildman–Crippen LogP) is 2.50. The molecular weight excluding hydrogens is 492 g/mol. The van der Waals surface area contributed by atoms with E-state index in [1.165, 1.54) is 4.90 Å². The van der Waals surface area contributed by atoms with Crippen LogP contribution in [0, 0.1) is 0 Å². The molecule has 1 aliphatic rings. The Balaban J connectivity index is 1.36. The molecule has 0 aliphatic carbocycles. The second-order valence-electron chi connectivity index (χ2n) is 9.45. The summed E-state index contributed by atoms with van der Waals surface area (Å²) in [7, 11) is 0. The number of carbonyl (C=O) groups is 3. The maximum Gasteiger partial charge on any atom is 0.244 e. The molecule has 1 aliphatic heterocycles. The second kappa shape index (κ2) is 14.8. The molecule has 1 heterocycles. The van der Waals surface area contributed by atoms with E-state index in [1.54, 1.807) is 0 Å². The molecule has 0 aromatic heterocycles. The second-order valence-corrected chi connectivity index (χ2v) is 9.45. The number of hydrogen-bond donors (Lipinski definition) is 3. The summed E-state index contributed by atoms with van der Waals surface area (Å²) < 4.78 is 0. The first-order valence-electron chi connectivity index (χ1n) is 13.3. The van der Waals surface area contributed by atoms with Crippen molar-refractivity contribution in [2.24, 2.45) is 0 Å². The zero-order chi connectivity index (χ0) is 27.3. The number of anilines is 3. The van der Waals surface area contributed by atoms with Gasteiger partial charge in [-0.15, -0.1) is 0 Å². The Hall–Kier alpha value is -4.05. The van der Waals surface area contributed by atoms with Crippen molar-refractivity contribution in [2.75, 3.05) is 74.4 Å². The number of benzene rings is 3. The summed E-state index contributed by atoms with van der Waals surface area (Å²) in [5.41, 5.74) is 2.13. The number of nitrogens with zero attached hydrogens (tertiary/aromatic N) is 3. The van der Waals surface area contributed by atoms with Gasteiger partial charge in [-0.25, -0.2) is 0 Å². The van der Waals surface area contributed by atoms with Crippen LogP contribution in [0.1, 0.15) is 0 Å². The van der Waals surface area contributed by atoms with Crippen LogP contribution in [0.25, 0.3) is 0 Å². The van der Waals surface area contributed by atoms with Gasteiger partial charge >= 0.3 is 0 Å². The van der Waals surface area contributed by atoms with Crippen LogP contribution in [-0.2, 0) is 14.4 Å². The standard InChI is InChI=1S/C30H36N6O3/c37-28(32-25-10-4-1-5-11-25)22-34-18-16-31-17-19-35(21-20-34)24-30(39)36(27-14-8-3-9-15-27)23-29(38)33-26-12-6-2-7-13-26/h1-15,31H,16-24H2,(H,32,37)(H,33,38). The van der Waals surface area contributed by atoms with Gasteiger partial charge in [-0.3, -0.25) is 24.2 Å². The van der Waals surface area contributed by atoms with Crippen molar-refractivity contribution in [2.45, 2.75) is 0 Å². The van der Waals surface area contributed by atoms with Crippen LogP contribution in [0.4, 0.5) is 17.1 Å². The number of nitrogens with one attached hydrogen (secondary N) is 3. The molecule has 0 bridgehead atoms. The quantitative estimate of drug-likeness (QED) is 0.395. The Morgan fingerprint density at radius 2 is 1.13 bits per heavy atom. The van der Waals surface area contributed by atoms with Crippen LogP contribution < -0.4 is 20.9 Å². The molecular formula is C30H36N6O3. The van der Waals surface area contributed by atoms with Gasteiger partial charge in [0.15, 0.2) is 0 Å². The van der Waals surface area contributed by atoms with Gasteiger partial charge in [-0.1, -0.05) is 54.6 Å². The number of hydrogen-bond acceptors (Lipinski definition) is 6. The Morgan fingerprint density at radius 3 is 1.69 bits per heavy atom. The maximum absolute atomic E-state index is 13.6. The lowest BCUT2D eigenvalue weighted by Crippen LogP contribution is -2.46. The van der Waals surface area contributed by atoms with Crippen molar-refractivity contribution in [1.29, 1.82) is 0 Å². The number of para-hydroxylation sites is 3. The zero-order valence-corrected chi connectivity index (χ0v) is 22.1. The van der Waals surface area contributed by atoms with Gasteiger partial charge in [0.25, 0.3) is 0 Å². The molecule has 3 aromatic rings. The number of amides is 3. The summed E-state index contributed by atoms with van der Waals surface area (Å²) in [5.74, 6) is -0.486. The van der Waals surface area contributed by atoms with E-state index in [4.69, 9.17) is 0 Å². The summed E-state index contributed by atoms with van der Waals surface area (Å²) in [5, 5.41) is 9.21. The molecule has 9 nitrogen and oxygen atoms in total. The molecule has 0 atom stereocenters. The first-order chi connectivity index (χ1) is 19.1. The summed E-state index contributed by atoms with van der Waals surface area (Å²) in [6, 6.07) is 27.9. The third-order valence-electron chi connectivity index (χ3n) is 6.45. The highest BCUT2D eigenvalue weighted by Crippen LogP contribution is 2.15. The monoisotopic (exact) mass is 528 g/mol. The van der Waals surface area contributed by atoms with Crippen molar-refractivity contribution >= 4 is 34.8 Å². The van der Waals surface area contributed by atoms with Crippen LogP contribution in [0.15, 0.2) is 91.0 Å². The molecule has 0 radical (unpaired) electrons. The Labute approximate surface area is 229 Å². The van der Waals surface area contributed by atoms with Crippen molar-refractivity contribution in [3.8, 4) is 0 Å². The lowest BCUT2D eigenvalue weighted by Gasteiger charge is -2.28. The molecule has 0 unspecified atom stereocenters. The Kier molecular flexibility index (Phi) is 10.6. The van der Waals surface area contributed by atoms with Gasteiger partial charge in [0.1, 0.15) is 6.54 Å². The van der Waals surface area contributed by atoms with E-state index in [2.05, 4.69) is 25.8 Å². The Bertz CT molecular complexity index is 1190. The number of rotatable bonds is 9. The van der Waals surface area contributed by atoms with Crippen LogP contribution in [0.2, 0.25) is 0 Å². The van der Waals surface area contributed by atoms with Crippen molar-refractivity contribution < 1.29 is 14.4 Å². The highest BCUT2D eigenvalue weighted by atomic mass is 16.2. The maximum atomic E-state index is 13.6. The molecule has 0 saturated carbocycles. The Morgan fingerprint density at radius 1 is 0.641 bits per heavy atom. The first-order valence-corrected chi connectivity index (χ1v) is 13.3.